The van der Waals surface area contributed by atoms with Gasteiger partial charge in [-0.15, -0.1) is 12.3 Å². The van der Waals surface area contributed by atoms with Crippen molar-refractivity contribution in [3.63, 3.8) is 0 Å². The molecule has 2 unspecified atom stereocenters. The van der Waals surface area contributed by atoms with Gasteiger partial charge >= 0.3 is 0 Å². The van der Waals surface area contributed by atoms with Crippen molar-refractivity contribution >= 4 is 5.91 Å². The highest BCUT2D eigenvalue weighted by Crippen LogP contribution is 2.22. The first-order valence-corrected chi connectivity index (χ1v) is 6.30. The Bertz CT molecular complexity index is 277. The van der Waals surface area contributed by atoms with E-state index in [1.807, 2.05) is 4.90 Å². The second-order valence-electron chi connectivity index (χ2n) is 5.29. The normalized spacial score (nSPS) is 22.6. The third kappa shape index (κ3) is 3.56. The lowest BCUT2D eigenvalue weighted by Gasteiger charge is -2.24. The van der Waals surface area contributed by atoms with E-state index >= 15 is 0 Å². The van der Waals surface area contributed by atoms with Crippen LogP contribution in [0.25, 0.3) is 0 Å². The zero-order chi connectivity index (χ0) is 12.1. The number of hydrogen-bond acceptors (Lipinski definition) is 1. The molecule has 0 N–H and O–H groups in total. The Kier molecular flexibility index (Phi) is 4.86. The van der Waals surface area contributed by atoms with E-state index < -0.39 is 0 Å². The molecular formula is C14H23NO. The van der Waals surface area contributed by atoms with E-state index in [4.69, 9.17) is 6.42 Å². The standard InChI is InChI=1S/C14H23NO/c1-5-13-9-14(16)15(10-13)12(4)8-6-7-11(2)3/h1,11-13H,6-10H2,2-4H3. The van der Waals surface area contributed by atoms with E-state index in [0.717, 1.165) is 18.9 Å². The van der Waals surface area contributed by atoms with Crippen LogP contribution in [0.1, 0.15) is 46.5 Å². The highest BCUT2D eigenvalue weighted by atomic mass is 16.2. The molecule has 1 aliphatic rings. The van der Waals surface area contributed by atoms with E-state index in [1.54, 1.807) is 0 Å². The fraction of sp³-hybridized carbons (Fsp3) is 0.786. The number of hydrogen-bond donors (Lipinski definition) is 0. The first-order valence-electron chi connectivity index (χ1n) is 6.30. The van der Waals surface area contributed by atoms with Crippen LogP contribution in [0, 0.1) is 24.2 Å². The molecule has 0 spiro atoms. The van der Waals surface area contributed by atoms with Crippen LogP contribution in [0.2, 0.25) is 0 Å². The number of likely N-dealkylation sites (tertiary alicyclic amines) is 1. The number of carbonyl (C=O) groups excluding carboxylic acids is 1. The first-order chi connectivity index (χ1) is 7.54. The van der Waals surface area contributed by atoms with Gasteiger partial charge in [0, 0.05) is 24.9 Å². The average molecular weight is 221 g/mol. The average Bonchev–Trinajstić information content (AvgIpc) is 2.59. The van der Waals surface area contributed by atoms with Gasteiger partial charge in [0.25, 0.3) is 0 Å². The maximum Gasteiger partial charge on any atom is 0.224 e. The van der Waals surface area contributed by atoms with Crippen LogP contribution >= 0.6 is 0 Å². The molecule has 1 fully saturated rings. The van der Waals surface area contributed by atoms with Gasteiger partial charge in [-0.1, -0.05) is 26.7 Å². The second-order valence-corrected chi connectivity index (χ2v) is 5.29. The van der Waals surface area contributed by atoms with Crippen molar-refractivity contribution in [3.05, 3.63) is 0 Å². The fourth-order valence-corrected chi connectivity index (χ4v) is 2.25. The van der Waals surface area contributed by atoms with Crippen LogP contribution in [0.15, 0.2) is 0 Å². The van der Waals surface area contributed by atoms with E-state index in [1.165, 1.54) is 12.8 Å². The Labute approximate surface area is 99.4 Å². The van der Waals surface area contributed by atoms with Crippen LogP contribution in [0.4, 0.5) is 0 Å². The summed E-state index contributed by atoms with van der Waals surface area (Å²) in [5, 5.41) is 0. The molecule has 0 radical (unpaired) electrons. The van der Waals surface area contributed by atoms with E-state index in [2.05, 4.69) is 26.7 Å². The number of nitrogens with zero attached hydrogens (tertiary/aromatic N) is 1. The molecule has 0 aromatic heterocycles. The van der Waals surface area contributed by atoms with Gasteiger partial charge in [-0.3, -0.25) is 4.79 Å². The Morgan fingerprint density at radius 2 is 2.12 bits per heavy atom. The lowest BCUT2D eigenvalue weighted by Crippen LogP contribution is -2.34. The maximum atomic E-state index is 11.7. The molecule has 1 saturated heterocycles. The molecule has 0 aromatic carbocycles. The van der Waals surface area contributed by atoms with Gasteiger partial charge in [-0.25, -0.2) is 0 Å². The number of carbonyl (C=O) groups is 1. The van der Waals surface area contributed by atoms with Crippen molar-refractivity contribution in [2.75, 3.05) is 6.54 Å². The fourth-order valence-electron chi connectivity index (χ4n) is 2.25. The number of terminal acetylenes is 1. The zero-order valence-corrected chi connectivity index (χ0v) is 10.7. The lowest BCUT2D eigenvalue weighted by molar-refractivity contribution is -0.129. The Balaban J connectivity index is 2.34. The molecule has 90 valence electrons. The molecule has 0 aliphatic carbocycles. The summed E-state index contributed by atoms with van der Waals surface area (Å²) in [6, 6.07) is 0.351. The third-order valence-electron chi connectivity index (χ3n) is 3.33. The van der Waals surface area contributed by atoms with Gasteiger partial charge in [0.2, 0.25) is 5.91 Å². The van der Waals surface area contributed by atoms with Crippen molar-refractivity contribution in [3.8, 4) is 12.3 Å². The van der Waals surface area contributed by atoms with Gasteiger partial charge in [0.1, 0.15) is 0 Å². The first kappa shape index (κ1) is 13.1. The molecule has 2 heteroatoms. The molecule has 1 amide bonds. The van der Waals surface area contributed by atoms with Crippen LogP contribution in [-0.2, 0) is 4.79 Å². The van der Waals surface area contributed by atoms with Gasteiger partial charge in [0.15, 0.2) is 0 Å². The molecule has 1 heterocycles. The van der Waals surface area contributed by atoms with E-state index in [9.17, 15) is 4.79 Å². The molecule has 2 atom stereocenters. The summed E-state index contributed by atoms with van der Waals surface area (Å²) >= 11 is 0. The summed E-state index contributed by atoms with van der Waals surface area (Å²) in [5.41, 5.74) is 0. The molecule has 0 aromatic rings. The Morgan fingerprint density at radius 3 is 2.62 bits per heavy atom. The summed E-state index contributed by atoms with van der Waals surface area (Å²) in [5.74, 6) is 3.82. The summed E-state index contributed by atoms with van der Waals surface area (Å²) < 4.78 is 0. The quantitative estimate of drug-likeness (QED) is 0.654. The number of rotatable bonds is 5. The molecule has 0 saturated carbocycles. The largest absolute Gasteiger partial charge is 0.339 e. The topological polar surface area (TPSA) is 20.3 Å². The molecular weight excluding hydrogens is 198 g/mol. The van der Waals surface area contributed by atoms with Gasteiger partial charge in [-0.2, -0.15) is 0 Å². The van der Waals surface area contributed by atoms with Crippen LogP contribution in [0.3, 0.4) is 0 Å². The SMILES string of the molecule is C#CC1CC(=O)N(C(C)CCCC(C)C)C1. The highest BCUT2D eigenvalue weighted by Gasteiger charge is 2.31. The van der Waals surface area contributed by atoms with E-state index in [0.29, 0.717) is 12.5 Å². The summed E-state index contributed by atoms with van der Waals surface area (Å²) in [6.07, 6.45) is 9.45. The smallest absolute Gasteiger partial charge is 0.224 e. The summed E-state index contributed by atoms with van der Waals surface area (Å²) in [4.78, 5) is 13.7. The van der Waals surface area contributed by atoms with Crippen molar-refractivity contribution in [2.24, 2.45) is 11.8 Å². The summed E-state index contributed by atoms with van der Waals surface area (Å²) in [7, 11) is 0. The van der Waals surface area contributed by atoms with Crippen molar-refractivity contribution in [2.45, 2.75) is 52.5 Å². The predicted molar refractivity (Wildman–Crippen MR) is 66.8 cm³/mol. The second kappa shape index (κ2) is 5.94. The Morgan fingerprint density at radius 1 is 1.44 bits per heavy atom. The van der Waals surface area contributed by atoms with Crippen LogP contribution in [0.5, 0.6) is 0 Å². The lowest BCUT2D eigenvalue weighted by atomic mass is 10.0. The molecule has 1 aliphatic heterocycles. The van der Waals surface area contributed by atoms with Gasteiger partial charge in [-0.05, 0) is 19.3 Å². The van der Waals surface area contributed by atoms with Crippen molar-refractivity contribution in [1.82, 2.24) is 4.90 Å². The minimum Gasteiger partial charge on any atom is -0.339 e. The molecule has 0 bridgehead atoms. The van der Waals surface area contributed by atoms with Gasteiger partial charge < -0.3 is 4.90 Å². The maximum absolute atomic E-state index is 11.7. The van der Waals surface area contributed by atoms with Crippen molar-refractivity contribution in [1.29, 1.82) is 0 Å². The van der Waals surface area contributed by atoms with Crippen LogP contribution in [-0.4, -0.2) is 23.4 Å². The number of amides is 1. The van der Waals surface area contributed by atoms with Crippen LogP contribution < -0.4 is 0 Å². The monoisotopic (exact) mass is 221 g/mol. The minimum atomic E-state index is 0.139. The Hall–Kier alpha value is -0.970. The zero-order valence-electron chi connectivity index (χ0n) is 10.7. The highest BCUT2D eigenvalue weighted by molar-refractivity contribution is 5.79. The molecule has 1 rings (SSSR count). The minimum absolute atomic E-state index is 0.139. The third-order valence-corrected chi connectivity index (χ3v) is 3.33. The van der Waals surface area contributed by atoms with E-state index in [-0.39, 0.29) is 11.8 Å². The molecule has 2 nitrogen and oxygen atoms in total. The summed E-state index contributed by atoms with van der Waals surface area (Å²) in [6.45, 7) is 7.37. The van der Waals surface area contributed by atoms with Gasteiger partial charge in [0.05, 0.1) is 0 Å². The molecule has 16 heavy (non-hydrogen) atoms. The van der Waals surface area contributed by atoms with Crippen molar-refractivity contribution < 1.29 is 4.79 Å². The predicted octanol–water partition coefficient (Wildman–Crippen LogP) is 2.68.